The number of nitro benzene ring substituents is 1. The molecule has 0 saturated carbocycles. The topological polar surface area (TPSA) is 88.5 Å². The van der Waals surface area contributed by atoms with Crippen molar-refractivity contribution in [1.29, 1.82) is 0 Å². The van der Waals surface area contributed by atoms with Crippen LogP contribution in [0.4, 0.5) is 11.4 Å². The van der Waals surface area contributed by atoms with Crippen LogP contribution in [0.1, 0.15) is 11.1 Å². The Morgan fingerprint density at radius 1 is 1.13 bits per heavy atom. The van der Waals surface area contributed by atoms with E-state index < -0.39 is 4.92 Å². The van der Waals surface area contributed by atoms with Crippen LogP contribution in [0.25, 0.3) is 11.5 Å². The highest BCUT2D eigenvalue weighted by Gasteiger charge is 2.25. The lowest BCUT2D eigenvalue weighted by Crippen LogP contribution is -2.38. The first-order valence-electron chi connectivity index (χ1n) is 9.01. The molecule has 0 unspecified atom stereocenters. The predicted molar refractivity (Wildman–Crippen MR) is 119 cm³/mol. The molecule has 1 aromatic heterocycles. The van der Waals surface area contributed by atoms with E-state index >= 15 is 0 Å². The molecule has 0 aliphatic heterocycles. The highest BCUT2D eigenvalue weighted by Crippen LogP contribution is 2.26. The van der Waals surface area contributed by atoms with Crippen molar-refractivity contribution in [1.82, 2.24) is 0 Å². The molecule has 3 aromatic rings. The molecule has 0 aliphatic rings. The van der Waals surface area contributed by atoms with E-state index in [0.717, 1.165) is 0 Å². The number of anilines is 1. The van der Waals surface area contributed by atoms with Crippen molar-refractivity contribution in [2.24, 2.45) is 0 Å². The first kappa shape index (κ1) is 20.9. The Bertz CT molecular complexity index is 1110. The van der Waals surface area contributed by atoms with Crippen LogP contribution < -0.4 is 14.6 Å². The van der Waals surface area contributed by atoms with Crippen molar-refractivity contribution < 1.29 is 19.3 Å². The van der Waals surface area contributed by atoms with Gasteiger partial charge in [0, 0.05) is 35.0 Å². The molecule has 8 heteroatoms. The van der Waals surface area contributed by atoms with E-state index in [4.69, 9.17) is 17.0 Å². The van der Waals surface area contributed by atoms with Gasteiger partial charge in [-0.25, -0.2) is 0 Å². The number of benzene rings is 2. The summed E-state index contributed by atoms with van der Waals surface area (Å²) >= 11 is 5.57. The highest BCUT2D eigenvalue weighted by atomic mass is 32.1. The zero-order chi connectivity index (χ0) is 21.7. The van der Waals surface area contributed by atoms with Gasteiger partial charge in [0.25, 0.3) is 11.4 Å². The summed E-state index contributed by atoms with van der Waals surface area (Å²) < 4.78 is 6.81. The van der Waals surface area contributed by atoms with Gasteiger partial charge in [-0.3, -0.25) is 10.1 Å². The van der Waals surface area contributed by atoms with Crippen LogP contribution in [0, 0.1) is 17.0 Å². The maximum absolute atomic E-state index is 11.3. The molecule has 0 bridgehead atoms. The number of nitrogens with zero attached hydrogens (tertiary/aromatic N) is 2. The van der Waals surface area contributed by atoms with Crippen molar-refractivity contribution in [3.8, 4) is 5.75 Å². The third kappa shape index (κ3) is 4.61. The molecule has 0 fully saturated rings. The molecule has 2 N–H and O–H groups in total. The number of aliphatic hydroxyl groups is 1. The Labute approximate surface area is 179 Å². The number of aryl methyl sites for hydroxylation is 1. The lowest BCUT2D eigenvalue weighted by Gasteiger charge is -2.11. The van der Waals surface area contributed by atoms with E-state index in [0.29, 0.717) is 22.7 Å². The molecule has 7 nitrogen and oxygen atoms in total. The Kier molecular flexibility index (Phi) is 6.38. The fourth-order valence-corrected chi connectivity index (χ4v) is 3.17. The second-order valence-electron chi connectivity index (χ2n) is 6.42. The Morgan fingerprint density at radius 3 is 2.40 bits per heavy atom. The SMILES string of the molecule is COc1ccc(NC(=S)/C(=C(\O)c2ccc(C)c([N+](=O)[O-])c2)[n+]2ccccc2)cc1. The molecule has 0 spiro atoms. The number of aliphatic hydroxyl groups excluding tert-OH is 1. The minimum Gasteiger partial charge on any atom is -0.502 e. The van der Waals surface area contributed by atoms with E-state index in [2.05, 4.69) is 5.32 Å². The molecule has 0 amide bonds. The summed E-state index contributed by atoms with van der Waals surface area (Å²) in [6, 6.07) is 17.1. The van der Waals surface area contributed by atoms with Crippen LogP contribution in [0.5, 0.6) is 5.75 Å². The molecule has 3 rings (SSSR count). The van der Waals surface area contributed by atoms with Gasteiger partial charge < -0.3 is 15.2 Å². The maximum Gasteiger partial charge on any atom is 0.288 e. The predicted octanol–water partition coefficient (Wildman–Crippen LogP) is 4.52. The Hall–Kier alpha value is -3.78. The number of hydrogen-bond acceptors (Lipinski definition) is 5. The second kappa shape index (κ2) is 9.15. The zero-order valence-electron chi connectivity index (χ0n) is 16.4. The van der Waals surface area contributed by atoms with Crippen LogP contribution >= 0.6 is 12.2 Å². The van der Waals surface area contributed by atoms with Gasteiger partial charge in [0.15, 0.2) is 23.1 Å². The highest BCUT2D eigenvalue weighted by molar-refractivity contribution is 7.81. The third-order valence-electron chi connectivity index (χ3n) is 4.44. The number of hydrogen-bond donors (Lipinski definition) is 2. The Morgan fingerprint density at radius 2 is 1.80 bits per heavy atom. The first-order valence-corrected chi connectivity index (χ1v) is 9.42. The van der Waals surface area contributed by atoms with Crippen molar-refractivity contribution in [3.05, 3.63) is 94.3 Å². The smallest absolute Gasteiger partial charge is 0.288 e. The molecule has 0 atom stereocenters. The summed E-state index contributed by atoms with van der Waals surface area (Å²) in [6.07, 6.45) is 3.46. The third-order valence-corrected chi connectivity index (χ3v) is 4.74. The number of ether oxygens (including phenoxy) is 1. The van der Waals surface area contributed by atoms with Gasteiger partial charge in [-0.2, -0.15) is 4.57 Å². The normalized spacial score (nSPS) is 11.4. The summed E-state index contributed by atoms with van der Waals surface area (Å²) in [4.78, 5) is 11.1. The summed E-state index contributed by atoms with van der Waals surface area (Å²) in [5.74, 6) is 0.523. The number of nitro groups is 1. The lowest BCUT2D eigenvalue weighted by atomic mass is 10.1. The molecular formula is C22H20N3O4S+. The minimum absolute atomic E-state index is 0.0782. The monoisotopic (exact) mass is 422 g/mol. The summed E-state index contributed by atoms with van der Waals surface area (Å²) in [7, 11) is 1.58. The van der Waals surface area contributed by atoms with Crippen molar-refractivity contribution >= 4 is 40.0 Å². The average Bonchev–Trinajstić information content (AvgIpc) is 2.75. The number of aromatic nitrogens is 1. The largest absolute Gasteiger partial charge is 0.502 e. The fourth-order valence-electron chi connectivity index (χ4n) is 2.85. The molecule has 0 saturated heterocycles. The number of pyridine rings is 1. The number of nitrogens with one attached hydrogen (secondary N) is 1. The van der Waals surface area contributed by atoms with Gasteiger partial charge in [0.1, 0.15) is 5.75 Å². The van der Waals surface area contributed by atoms with E-state index in [-0.39, 0.29) is 22.0 Å². The summed E-state index contributed by atoms with van der Waals surface area (Å²) in [5.41, 5.74) is 1.71. The van der Waals surface area contributed by atoms with Gasteiger partial charge >= 0.3 is 0 Å². The Balaban J connectivity index is 2.07. The molecule has 152 valence electrons. The quantitative estimate of drug-likeness (QED) is 0.152. The molecule has 1 heterocycles. The van der Waals surface area contributed by atoms with Crippen molar-refractivity contribution in [2.45, 2.75) is 6.92 Å². The van der Waals surface area contributed by atoms with Crippen LogP contribution in [0.15, 0.2) is 73.1 Å². The molecule has 2 aromatic carbocycles. The number of rotatable bonds is 6. The van der Waals surface area contributed by atoms with Crippen LogP contribution in [-0.4, -0.2) is 22.1 Å². The second-order valence-corrected chi connectivity index (χ2v) is 6.83. The molecule has 0 aliphatic carbocycles. The minimum atomic E-state index is -0.477. The first-order chi connectivity index (χ1) is 14.4. The fraction of sp³-hybridized carbons (Fsp3) is 0.0909. The van der Waals surface area contributed by atoms with E-state index in [1.165, 1.54) is 6.07 Å². The molecular weight excluding hydrogens is 402 g/mol. The van der Waals surface area contributed by atoms with Crippen molar-refractivity contribution in [2.75, 3.05) is 12.4 Å². The van der Waals surface area contributed by atoms with Gasteiger partial charge in [-0.15, -0.1) is 0 Å². The van der Waals surface area contributed by atoms with E-state index in [1.54, 1.807) is 79.5 Å². The van der Waals surface area contributed by atoms with Gasteiger partial charge in [-0.1, -0.05) is 30.4 Å². The average molecular weight is 422 g/mol. The van der Waals surface area contributed by atoms with Crippen LogP contribution in [-0.2, 0) is 0 Å². The van der Waals surface area contributed by atoms with Crippen LogP contribution in [0.2, 0.25) is 0 Å². The van der Waals surface area contributed by atoms with Crippen molar-refractivity contribution in [3.63, 3.8) is 0 Å². The number of thiocarbonyl (C=S) groups is 1. The maximum atomic E-state index is 11.3. The number of methoxy groups -OCH3 is 1. The van der Waals surface area contributed by atoms with Gasteiger partial charge in [-0.05, 0) is 31.2 Å². The van der Waals surface area contributed by atoms with Gasteiger partial charge in [0.05, 0.1) is 12.0 Å². The van der Waals surface area contributed by atoms with E-state index in [1.807, 2.05) is 6.07 Å². The summed E-state index contributed by atoms with van der Waals surface area (Å²) in [6.45, 7) is 1.64. The summed E-state index contributed by atoms with van der Waals surface area (Å²) in [5, 5.41) is 25.5. The zero-order valence-corrected chi connectivity index (χ0v) is 17.2. The lowest BCUT2D eigenvalue weighted by molar-refractivity contribution is -0.575. The molecule has 0 radical (unpaired) electrons. The van der Waals surface area contributed by atoms with E-state index in [9.17, 15) is 15.2 Å². The standard InChI is InChI=1S/C22H19N3O4S/c1-15-6-7-16(14-19(15)25(27)28)21(26)20(24-12-4-3-5-13-24)22(30)23-17-8-10-18(29-2)11-9-17/h3-14H,1-2H3,(H-,23,26,30)/p+1. The van der Waals surface area contributed by atoms with Crippen LogP contribution in [0.3, 0.4) is 0 Å². The molecule has 30 heavy (non-hydrogen) atoms. The van der Waals surface area contributed by atoms with Gasteiger partial charge in [0.2, 0.25) is 0 Å².